The highest BCUT2D eigenvalue weighted by molar-refractivity contribution is 5.95. The number of hydrogen-bond acceptors (Lipinski definition) is 5. The third kappa shape index (κ3) is 2.44. The van der Waals surface area contributed by atoms with Crippen molar-refractivity contribution in [1.82, 2.24) is 4.90 Å². The first kappa shape index (κ1) is 14.3. The molecule has 0 aromatic heterocycles. The van der Waals surface area contributed by atoms with Gasteiger partial charge in [0.25, 0.3) is 5.91 Å². The largest absolute Gasteiger partial charge is 0.490 e. The molecule has 7 nitrogen and oxygen atoms in total. The van der Waals surface area contributed by atoms with Crippen molar-refractivity contribution in [2.24, 2.45) is 5.73 Å². The van der Waals surface area contributed by atoms with Crippen molar-refractivity contribution in [3.05, 3.63) is 33.9 Å². The van der Waals surface area contributed by atoms with Gasteiger partial charge >= 0.3 is 5.69 Å². The zero-order valence-corrected chi connectivity index (χ0v) is 11.4. The van der Waals surface area contributed by atoms with Gasteiger partial charge in [-0.25, -0.2) is 0 Å². The first-order chi connectivity index (χ1) is 9.45. The molecule has 1 amide bonds. The molecule has 0 spiro atoms. The number of likely N-dealkylation sites (tertiary alicyclic amines) is 1. The molecule has 1 aliphatic rings. The van der Waals surface area contributed by atoms with Crippen LogP contribution >= 0.6 is 0 Å². The SMILES string of the molecule is COc1cc(C(=O)N2CCC(N)C2C)ccc1[N+](=O)[O-]. The van der Waals surface area contributed by atoms with Gasteiger partial charge in [0.15, 0.2) is 5.75 Å². The summed E-state index contributed by atoms with van der Waals surface area (Å²) in [6.45, 7) is 2.50. The lowest BCUT2D eigenvalue weighted by molar-refractivity contribution is -0.385. The van der Waals surface area contributed by atoms with Gasteiger partial charge in [-0.3, -0.25) is 14.9 Å². The molecule has 0 aliphatic carbocycles. The fourth-order valence-electron chi connectivity index (χ4n) is 2.38. The van der Waals surface area contributed by atoms with Gasteiger partial charge in [-0.2, -0.15) is 0 Å². The van der Waals surface area contributed by atoms with Crippen LogP contribution < -0.4 is 10.5 Å². The van der Waals surface area contributed by atoms with Crippen LogP contribution in [-0.2, 0) is 0 Å². The predicted molar refractivity (Wildman–Crippen MR) is 72.7 cm³/mol. The average molecular weight is 279 g/mol. The monoisotopic (exact) mass is 279 g/mol. The van der Waals surface area contributed by atoms with Gasteiger partial charge < -0.3 is 15.4 Å². The van der Waals surface area contributed by atoms with Crippen molar-refractivity contribution in [3.63, 3.8) is 0 Å². The molecular weight excluding hydrogens is 262 g/mol. The fraction of sp³-hybridized carbons (Fsp3) is 0.462. The molecule has 0 bridgehead atoms. The van der Waals surface area contributed by atoms with E-state index in [2.05, 4.69) is 0 Å². The van der Waals surface area contributed by atoms with Crippen LogP contribution in [0.15, 0.2) is 18.2 Å². The Morgan fingerprint density at radius 2 is 2.25 bits per heavy atom. The molecule has 0 saturated carbocycles. The summed E-state index contributed by atoms with van der Waals surface area (Å²) in [7, 11) is 1.34. The number of nitro groups is 1. The molecule has 2 unspecified atom stereocenters. The summed E-state index contributed by atoms with van der Waals surface area (Å²) in [6, 6.07) is 4.06. The van der Waals surface area contributed by atoms with Crippen LogP contribution in [0.4, 0.5) is 5.69 Å². The van der Waals surface area contributed by atoms with Crippen molar-refractivity contribution < 1.29 is 14.5 Å². The number of methoxy groups -OCH3 is 1. The molecule has 1 saturated heterocycles. The summed E-state index contributed by atoms with van der Waals surface area (Å²) >= 11 is 0. The number of benzene rings is 1. The van der Waals surface area contributed by atoms with Gasteiger partial charge in [0.05, 0.1) is 12.0 Å². The Labute approximate surface area is 116 Å². The van der Waals surface area contributed by atoms with Crippen molar-refractivity contribution in [2.75, 3.05) is 13.7 Å². The van der Waals surface area contributed by atoms with E-state index in [-0.39, 0.29) is 29.4 Å². The van der Waals surface area contributed by atoms with Crippen LogP contribution in [0.3, 0.4) is 0 Å². The van der Waals surface area contributed by atoms with Gasteiger partial charge in [0, 0.05) is 36.3 Å². The summed E-state index contributed by atoms with van der Waals surface area (Å²) < 4.78 is 4.97. The minimum absolute atomic E-state index is 0.0288. The van der Waals surface area contributed by atoms with E-state index < -0.39 is 4.92 Å². The van der Waals surface area contributed by atoms with Crippen LogP contribution in [0.25, 0.3) is 0 Å². The lowest BCUT2D eigenvalue weighted by Gasteiger charge is -2.23. The summed E-state index contributed by atoms with van der Waals surface area (Å²) in [4.78, 5) is 24.4. The topological polar surface area (TPSA) is 98.7 Å². The Bertz CT molecular complexity index is 546. The molecule has 7 heteroatoms. The molecule has 1 heterocycles. The lowest BCUT2D eigenvalue weighted by Crippen LogP contribution is -2.40. The maximum absolute atomic E-state index is 12.4. The molecule has 1 aliphatic heterocycles. The second-order valence-electron chi connectivity index (χ2n) is 4.84. The van der Waals surface area contributed by atoms with E-state index in [1.165, 1.54) is 25.3 Å². The zero-order chi connectivity index (χ0) is 14.9. The summed E-state index contributed by atoms with van der Waals surface area (Å²) in [6.07, 6.45) is 0.761. The summed E-state index contributed by atoms with van der Waals surface area (Å²) in [5.41, 5.74) is 6.11. The van der Waals surface area contributed by atoms with E-state index in [9.17, 15) is 14.9 Å². The highest BCUT2D eigenvalue weighted by Crippen LogP contribution is 2.29. The number of carbonyl (C=O) groups is 1. The molecule has 2 atom stereocenters. The van der Waals surface area contributed by atoms with E-state index in [4.69, 9.17) is 10.5 Å². The Hall–Kier alpha value is -2.15. The third-order valence-electron chi connectivity index (χ3n) is 3.70. The Balaban J connectivity index is 2.29. The van der Waals surface area contributed by atoms with Crippen LogP contribution in [-0.4, -0.2) is 41.5 Å². The molecule has 0 radical (unpaired) electrons. The standard InChI is InChI=1S/C13H17N3O4/c1-8-10(14)5-6-15(8)13(17)9-3-4-11(16(18)19)12(7-9)20-2/h3-4,7-8,10H,5-6,14H2,1-2H3. The van der Waals surface area contributed by atoms with Gasteiger partial charge in [0.1, 0.15) is 0 Å². The zero-order valence-electron chi connectivity index (χ0n) is 11.4. The third-order valence-corrected chi connectivity index (χ3v) is 3.70. The number of amides is 1. The number of carbonyl (C=O) groups excluding carboxylic acids is 1. The Morgan fingerprint density at radius 3 is 2.75 bits per heavy atom. The molecule has 1 aromatic rings. The molecule has 20 heavy (non-hydrogen) atoms. The van der Waals surface area contributed by atoms with Crippen molar-refractivity contribution >= 4 is 11.6 Å². The molecule has 2 rings (SSSR count). The smallest absolute Gasteiger partial charge is 0.310 e. The van der Waals surface area contributed by atoms with Crippen LogP contribution in [0, 0.1) is 10.1 Å². The van der Waals surface area contributed by atoms with Crippen LogP contribution in [0.5, 0.6) is 5.75 Å². The van der Waals surface area contributed by atoms with E-state index in [1.54, 1.807) is 4.90 Å². The normalized spacial score (nSPS) is 21.9. The summed E-state index contributed by atoms with van der Waals surface area (Å²) in [5.74, 6) is -0.101. The Kier molecular flexibility index (Phi) is 3.89. The number of rotatable bonds is 3. The quantitative estimate of drug-likeness (QED) is 0.661. The molecule has 1 aromatic carbocycles. The first-order valence-corrected chi connectivity index (χ1v) is 6.34. The van der Waals surface area contributed by atoms with Crippen LogP contribution in [0.1, 0.15) is 23.7 Å². The Morgan fingerprint density at radius 1 is 1.55 bits per heavy atom. The second-order valence-corrected chi connectivity index (χ2v) is 4.84. The predicted octanol–water partition coefficient (Wildman–Crippen LogP) is 1.17. The van der Waals surface area contributed by atoms with E-state index in [1.807, 2.05) is 6.92 Å². The van der Waals surface area contributed by atoms with E-state index in [0.717, 1.165) is 6.42 Å². The molecule has 108 valence electrons. The first-order valence-electron chi connectivity index (χ1n) is 6.34. The van der Waals surface area contributed by atoms with Crippen molar-refractivity contribution in [3.8, 4) is 5.75 Å². The van der Waals surface area contributed by atoms with Gasteiger partial charge in [-0.15, -0.1) is 0 Å². The molecule has 2 N–H and O–H groups in total. The number of nitrogens with zero attached hydrogens (tertiary/aromatic N) is 2. The highest BCUT2D eigenvalue weighted by Gasteiger charge is 2.32. The van der Waals surface area contributed by atoms with Gasteiger partial charge in [-0.1, -0.05) is 0 Å². The van der Waals surface area contributed by atoms with Crippen molar-refractivity contribution in [2.45, 2.75) is 25.4 Å². The lowest BCUT2D eigenvalue weighted by atomic mass is 10.1. The van der Waals surface area contributed by atoms with Crippen LogP contribution in [0.2, 0.25) is 0 Å². The maximum Gasteiger partial charge on any atom is 0.310 e. The minimum atomic E-state index is -0.540. The number of nitro benzene ring substituents is 1. The average Bonchev–Trinajstić information content (AvgIpc) is 2.77. The van der Waals surface area contributed by atoms with E-state index >= 15 is 0 Å². The number of hydrogen-bond donors (Lipinski definition) is 1. The maximum atomic E-state index is 12.4. The summed E-state index contributed by atoms with van der Waals surface area (Å²) in [5, 5.41) is 10.8. The number of ether oxygens (including phenoxy) is 1. The molecular formula is C13H17N3O4. The number of nitrogens with two attached hydrogens (primary N) is 1. The second kappa shape index (κ2) is 5.46. The van der Waals surface area contributed by atoms with Gasteiger partial charge in [-0.05, 0) is 19.4 Å². The minimum Gasteiger partial charge on any atom is -0.490 e. The van der Waals surface area contributed by atoms with Crippen molar-refractivity contribution in [1.29, 1.82) is 0 Å². The highest BCUT2D eigenvalue weighted by atomic mass is 16.6. The molecule has 1 fully saturated rings. The fourth-order valence-corrected chi connectivity index (χ4v) is 2.38. The van der Waals surface area contributed by atoms with E-state index in [0.29, 0.717) is 12.1 Å². The van der Waals surface area contributed by atoms with Gasteiger partial charge in [0.2, 0.25) is 0 Å².